The van der Waals surface area contributed by atoms with Gasteiger partial charge in [-0.25, -0.2) is 0 Å². The van der Waals surface area contributed by atoms with Crippen molar-refractivity contribution in [2.75, 3.05) is 7.11 Å². The first-order chi connectivity index (χ1) is 8.39. The number of ether oxygens (including phenoxy) is 1. The summed E-state index contributed by atoms with van der Waals surface area (Å²) in [7, 11) is 1.72. The van der Waals surface area contributed by atoms with Gasteiger partial charge in [0.15, 0.2) is 0 Å². The Bertz CT molecular complexity index is 399. The molecule has 0 saturated carbocycles. The van der Waals surface area contributed by atoms with E-state index in [1.807, 2.05) is 11.6 Å². The predicted molar refractivity (Wildman–Crippen MR) is 77.7 cm³/mol. The Morgan fingerprint density at radius 1 is 1.50 bits per heavy atom. The molecule has 1 heterocycles. The van der Waals surface area contributed by atoms with Crippen LogP contribution in [0, 0.1) is 6.92 Å². The molecule has 1 aromatic heterocycles. The molecule has 0 amide bonds. The zero-order chi connectivity index (χ0) is 13.9. The van der Waals surface area contributed by atoms with Gasteiger partial charge in [0.25, 0.3) is 0 Å². The molecule has 0 fully saturated rings. The van der Waals surface area contributed by atoms with E-state index in [-0.39, 0.29) is 11.6 Å². The van der Waals surface area contributed by atoms with Crippen LogP contribution in [0.25, 0.3) is 0 Å². The van der Waals surface area contributed by atoms with E-state index in [1.54, 1.807) is 7.11 Å². The molecule has 4 nitrogen and oxygen atoms in total. The van der Waals surface area contributed by atoms with Crippen molar-refractivity contribution in [2.24, 2.45) is 5.73 Å². The summed E-state index contributed by atoms with van der Waals surface area (Å²) in [5.41, 5.74) is 8.19. The molecule has 0 aromatic carbocycles. The van der Waals surface area contributed by atoms with Crippen LogP contribution in [0.5, 0.6) is 0 Å². The van der Waals surface area contributed by atoms with Gasteiger partial charge in [0, 0.05) is 26.1 Å². The van der Waals surface area contributed by atoms with E-state index in [2.05, 4.69) is 41.8 Å². The molecule has 1 aromatic rings. The average molecular weight is 318 g/mol. The summed E-state index contributed by atoms with van der Waals surface area (Å²) in [6, 6.07) is -0.0507. The molecular formula is C13H24BrN3O. The molecule has 0 spiro atoms. The number of aromatic nitrogens is 2. The van der Waals surface area contributed by atoms with Gasteiger partial charge in [-0.2, -0.15) is 5.10 Å². The number of nitrogens with two attached hydrogens (primary N) is 1. The largest absolute Gasteiger partial charge is 0.377 e. The normalized spacial score (nSPS) is 16.6. The van der Waals surface area contributed by atoms with Gasteiger partial charge < -0.3 is 10.5 Å². The maximum atomic E-state index is 6.32. The van der Waals surface area contributed by atoms with Gasteiger partial charge in [-0.05, 0) is 43.1 Å². The molecule has 2 atom stereocenters. The highest BCUT2D eigenvalue weighted by molar-refractivity contribution is 9.10. The van der Waals surface area contributed by atoms with Crippen molar-refractivity contribution in [3.63, 3.8) is 0 Å². The fourth-order valence-electron chi connectivity index (χ4n) is 2.05. The Labute approximate surface area is 118 Å². The number of hydrogen-bond donors (Lipinski definition) is 1. The zero-order valence-electron chi connectivity index (χ0n) is 12.0. The lowest BCUT2D eigenvalue weighted by atomic mass is 9.90. The number of rotatable bonds is 6. The van der Waals surface area contributed by atoms with E-state index in [0.717, 1.165) is 35.2 Å². The van der Waals surface area contributed by atoms with Crippen molar-refractivity contribution in [1.82, 2.24) is 9.78 Å². The predicted octanol–water partition coefficient (Wildman–Crippen LogP) is 2.66. The third-order valence-corrected chi connectivity index (χ3v) is 4.85. The first kappa shape index (κ1) is 15.7. The first-order valence-corrected chi connectivity index (χ1v) is 7.21. The van der Waals surface area contributed by atoms with Gasteiger partial charge in [0.2, 0.25) is 0 Å². The molecule has 18 heavy (non-hydrogen) atoms. The summed E-state index contributed by atoms with van der Waals surface area (Å²) in [5, 5.41) is 4.49. The van der Waals surface area contributed by atoms with Crippen LogP contribution in [0.4, 0.5) is 0 Å². The molecule has 0 aliphatic heterocycles. The van der Waals surface area contributed by atoms with E-state index in [9.17, 15) is 0 Å². The molecule has 2 N–H and O–H groups in total. The second-order valence-electron chi connectivity index (χ2n) is 4.84. The Morgan fingerprint density at radius 2 is 2.11 bits per heavy atom. The number of hydrogen-bond acceptors (Lipinski definition) is 3. The van der Waals surface area contributed by atoms with Crippen molar-refractivity contribution < 1.29 is 4.74 Å². The Balaban J connectivity index is 2.97. The second kappa shape index (κ2) is 6.17. The molecule has 104 valence electrons. The van der Waals surface area contributed by atoms with E-state index >= 15 is 0 Å². The Morgan fingerprint density at radius 3 is 2.56 bits per heavy atom. The van der Waals surface area contributed by atoms with Gasteiger partial charge in [-0.15, -0.1) is 0 Å². The lowest BCUT2D eigenvalue weighted by Crippen LogP contribution is -2.48. The maximum absolute atomic E-state index is 6.32. The molecule has 0 saturated heterocycles. The van der Waals surface area contributed by atoms with Crippen LogP contribution in [-0.4, -0.2) is 28.5 Å². The van der Waals surface area contributed by atoms with Crippen LogP contribution < -0.4 is 5.73 Å². The van der Waals surface area contributed by atoms with Crippen molar-refractivity contribution in [3.05, 3.63) is 15.9 Å². The summed E-state index contributed by atoms with van der Waals surface area (Å²) < 4.78 is 8.64. The zero-order valence-corrected chi connectivity index (χ0v) is 13.5. The highest BCUT2D eigenvalue weighted by Gasteiger charge is 2.31. The van der Waals surface area contributed by atoms with Crippen molar-refractivity contribution in [1.29, 1.82) is 0 Å². The van der Waals surface area contributed by atoms with Crippen LogP contribution in [0.2, 0.25) is 0 Å². The Kier molecular flexibility index (Phi) is 5.37. The number of aryl methyl sites for hydroxylation is 2. The van der Waals surface area contributed by atoms with E-state index < -0.39 is 0 Å². The highest BCUT2D eigenvalue weighted by Crippen LogP contribution is 2.26. The molecule has 1 rings (SSSR count). The van der Waals surface area contributed by atoms with Crippen LogP contribution in [0.15, 0.2) is 4.47 Å². The van der Waals surface area contributed by atoms with E-state index in [0.29, 0.717) is 0 Å². The Hall–Kier alpha value is -0.390. The third kappa shape index (κ3) is 2.95. The van der Waals surface area contributed by atoms with Crippen LogP contribution in [-0.2, 0) is 17.7 Å². The van der Waals surface area contributed by atoms with Crippen LogP contribution in [0.1, 0.15) is 38.6 Å². The first-order valence-electron chi connectivity index (χ1n) is 6.42. The quantitative estimate of drug-likeness (QED) is 0.877. The second-order valence-corrected chi connectivity index (χ2v) is 5.64. The standard InChI is InChI=1S/C13H24BrN3O/c1-6-13(4,18-5)11(15)8-10-12(14)9(3)16-17(10)7-2/h11H,6-8,15H2,1-5H3. The van der Waals surface area contributed by atoms with Gasteiger partial charge >= 0.3 is 0 Å². The summed E-state index contributed by atoms with van der Waals surface area (Å²) >= 11 is 3.60. The minimum atomic E-state index is -0.295. The summed E-state index contributed by atoms with van der Waals surface area (Å²) in [5.74, 6) is 0. The summed E-state index contributed by atoms with van der Waals surface area (Å²) in [4.78, 5) is 0. The molecule has 0 aliphatic carbocycles. The maximum Gasteiger partial charge on any atom is 0.0802 e. The van der Waals surface area contributed by atoms with Crippen LogP contribution in [0.3, 0.4) is 0 Å². The molecule has 2 unspecified atom stereocenters. The lowest BCUT2D eigenvalue weighted by molar-refractivity contribution is -0.0189. The van der Waals surface area contributed by atoms with Gasteiger partial charge in [0.05, 0.1) is 21.5 Å². The summed E-state index contributed by atoms with van der Waals surface area (Å²) in [6.07, 6.45) is 1.65. The van der Waals surface area contributed by atoms with Crippen molar-refractivity contribution in [3.8, 4) is 0 Å². The SMILES string of the molecule is CCn1nc(C)c(Br)c1CC(N)C(C)(CC)OC. The molecule has 5 heteroatoms. The van der Waals surface area contributed by atoms with Crippen LogP contribution >= 0.6 is 15.9 Å². The molecule has 0 bridgehead atoms. The smallest absolute Gasteiger partial charge is 0.0802 e. The van der Waals surface area contributed by atoms with Crippen molar-refractivity contribution >= 4 is 15.9 Å². The number of halogens is 1. The van der Waals surface area contributed by atoms with Gasteiger partial charge in [0.1, 0.15) is 0 Å². The van der Waals surface area contributed by atoms with E-state index in [4.69, 9.17) is 10.5 Å². The van der Waals surface area contributed by atoms with Gasteiger partial charge in [-0.3, -0.25) is 4.68 Å². The third-order valence-electron chi connectivity index (χ3n) is 3.82. The fraction of sp³-hybridized carbons (Fsp3) is 0.769. The topological polar surface area (TPSA) is 53.1 Å². The molecule has 0 aliphatic rings. The fourth-order valence-corrected chi connectivity index (χ4v) is 2.49. The number of methoxy groups -OCH3 is 1. The average Bonchev–Trinajstić information content (AvgIpc) is 2.65. The van der Waals surface area contributed by atoms with E-state index in [1.165, 1.54) is 0 Å². The van der Waals surface area contributed by atoms with Gasteiger partial charge in [-0.1, -0.05) is 6.92 Å². The number of nitrogens with zero attached hydrogens (tertiary/aromatic N) is 2. The lowest BCUT2D eigenvalue weighted by Gasteiger charge is -2.33. The molecular weight excluding hydrogens is 294 g/mol. The minimum Gasteiger partial charge on any atom is -0.377 e. The summed E-state index contributed by atoms with van der Waals surface area (Å²) in [6.45, 7) is 9.10. The van der Waals surface area contributed by atoms with Crippen molar-refractivity contribution in [2.45, 2.75) is 58.7 Å². The monoisotopic (exact) mass is 317 g/mol. The molecule has 0 radical (unpaired) electrons. The minimum absolute atomic E-state index is 0.0507. The highest BCUT2D eigenvalue weighted by atomic mass is 79.9.